The van der Waals surface area contributed by atoms with Crippen molar-refractivity contribution in [2.24, 2.45) is 0 Å². The first-order valence-electron chi connectivity index (χ1n) is 6.18. The Morgan fingerprint density at radius 3 is 2.83 bits per heavy atom. The topological polar surface area (TPSA) is 56.2 Å². The Morgan fingerprint density at radius 2 is 2.33 bits per heavy atom. The van der Waals surface area contributed by atoms with Crippen LogP contribution < -0.4 is 5.32 Å². The summed E-state index contributed by atoms with van der Waals surface area (Å²) in [5.74, 6) is -0.213. The van der Waals surface area contributed by atoms with Crippen LogP contribution in [-0.4, -0.2) is 34.9 Å². The monoisotopic (exact) mass is 273 g/mol. The second-order valence-corrected chi connectivity index (χ2v) is 4.36. The Labute approximate surface area is 112 Å². The van der Waals surface area contributed by atoms with Crippen LogP contribution in [0.25, 0.3) is 0 Å². The highest BCUT2D eigenvalue weighted by atomic mass is 35.5. The van der Waals surface area contributed by atoms with Gasteiger partial charge >= 0.3 is 5.97 Å². The number of nitrogens with zero attached hydrogens (tertiary/aromatic N) is 2. The maximum Gasteiger partial charge on any atom is 0.323 e. The Kier molecular flexibility index (Phi) is 6.15. The number of halogens is 1. The molecule has 0 radical (unpaired) electrons. The fourth-order valence-electron chi connectivity index (χ4n) is 1.69. The van der Waals surface area contributed by atoms with Crippen molar-refractivity contribution in [3.8, 4) is 0 Å². The number of hydrogen-bond acceptors (Lipinski definition) is 4. The normalized spacial score (nSPS) is 12.4. The number of carbonyl (C=O) groups excluding carboxylic acids is 1. The molecule has 0 spiro atoms. The lowest BCUT2D eigenvalue weighted by Crippen LogP contribution is -2.38. The van der Waals surface area contributed by atoms with Gasteiger partial charge in [0.2, 0.25) is 0 Å². The van der Waals surface area contributed by atoms with E-state index in [1.165, 1.54) is 0 Å². The third-order valence-electron chi connectivity index (χ3n) is 2.69. The largest absolute Gasteiger partial charge is 0.465 e. The summed E-state index contributed by atoms with van der Waals surface area (Å²) in [6, 6.07) is -0.294. The molecule has 0 aliphatic rings. The van der Waals surface area contributed by atoms with Gasteiger partial charge in [0.25, 0.3) is 0 Å². The molecule has 0 aliphatic heterocycles. The minimum atomic E-state index is -0.294. The highest BCUT2D eigenvalue weighted by Crippen LogP contribution is 2.13. The van der Waals surface area contributed by atoms with Gasteiger partial charge in [0, 0.05) is 6.54 Å². The Balaban J connectivity index is 2.56. The van der Waals surface area contributed by atoms with Gasteiger partial charge in [-0.1, -0.05) is 18.5 Å². The van der Waals surface area contributed by atoms with Crippen LogP contribution in [-0.2, 0) is 16.1 Å². The standard InChI is InChI=1S/C12H20ClN3O2/c1-4-14-11(12(17)18-5-2)6-7-16-9(3)10(13)8-15-16/h8,11,14H,4-7H2,1-3H3. The van der Waals surface area contributed by atoms with Crippen molar-refractivity contribution in [3.05, 3.63) is 16.9 Å². The number of esters is 1. The molecule has 102 valence electrons. The number of ether oxygens (including phenoxy) is 1. The van der Waals surface area contributed by atoms with Gasteiger partial charge in [-0.15, -0.1) is 0 Å². The van der Waals surface area contributed by atoms with E-state index in [1.807, 2.05) is 13.8 Å². The molecule has 1 aromatic heterocycles. The van der Waals surface area contributed by atoms with E-state index in [1.54, 1.807) is 17.8 Å². The molecule has 1 rings (SSSR count). The van der Waals surface area contributed by atoms with Crippen LogP contribution in [0.15, 0.2) is 6.20 Å². The molecule has 1 N–H and O–H groups in total. The molecule has 6 heteroatoms. The van der Waals surface area contributed by atoms with Crippen LogP contribution in [0.5, 0.6) is 0 Å². The van der Waals surface area contributed by atoms with Crippen LogP contribution in [0.3, 0.4) is 0 Å². The first-order valence-corrected chi connectivity index (χ1v) is 6.55. The Bertz CT molecular complexity index is 393. The number of aryl methyl sites for hydroxylation is 1. The SMILES string of the molecule is CCNC(CCn1ncc(Cl)c1C)C(=O)OCC. The maximum atomic E-state index is 11.7. The molecule has 0 saturated heterocycles. The molecule has 1 atom stereocenters. The minimum absolute atomic E-state index is 0.213. The Hall–Kier alpha value is -1.07. The predicted octanol–water partition coefficient (Wildman–Crippen LogP) is 1.78. The smallest absolute Gasteiger partial charge is 0.323 e. The van der Waals surface area contributed by atoms with Crippen LogP contribution in [0.1, 0.15) is 26.0 Å². The summed E-state index contributed by atoms with van der Waals surface area (Å²) >= 11 is 5.93. The molecule has 18 heavy (non-hydrogen) atoms. The number of rotatable bonds is 7. The fraction of sp³-hybridized carbons (Fsp3) is 0.667. The molecule has 0 bridgehead atoms. The van der Waals surface area contributed by atoms with Gasteiger partial charge in [0.15, 0.2) is 0 Å². The van der Waals surface area contributed by atoms with Crippen molar-refractivity contribution in [1.29, 1.82) is 0 Å². The molecule has 0 aliphatic carbocycles. The van der Waals surface area contributed by atoms with E-state index < -0.39 is 0 Å². The molecule has 0 aromatic carbocycles. The fourth-order valence-corrected chi connectivity index (χ4v) is 1.83. The van der Waals surface area contributed by atoms with E-state index in [4.69, 9.17) is 16.3 Å². The molecule has 1 heterocycles. The van der Waals surface area contributed by atoms with Crippen LogP contribution >= 0.6 is 11.6 Å². The van der Waals surface area contributed by atoms with Crippen molar-refractivity contribution in [2.75, 3.05) is 13.2 Å². The summed E-state index contributed by atoms with van der Waals surface area (Å²) in [7, 11) is 0. The summed E-state index contributed by atoms with van der Waals surface area (Å²) in [4.78, 5) is 11.7. The average molecular weight is 274 g/mol. The molecule has 5 nitrogen and oxygen atoms in total. The van der Waals surface area contributed by atoms with Crippen molar-refractivity contribution >= 4 is 17.6 Å². The zero-order chi connectivity index (χ0) is 13.5. The van der Waals surface area contributed by atoms with Crippen LogP contribution in [0.4, 0.5) is 0 Å². The summed E-state index contributed by atoms with van der Waals surface area (Å²) < 4.78 is 6.82. The zero-order valence-electron chi connectivity index (χ0n) is 11.1. The molecular formula is C12H20ClN3O2. The number of carbonyl (C=O) groups is 1. The van der Waals surface area contributed by atoms with Crippen LogP contribution in [0, 0.1) is 6.92 Å². The van der Waals surface area contributed by atoms with Gasteiger partial charge in [-0.25, -0.2) is 0 Å². The van der Waals surface area contributed by atoms with Crippen molar-refractivity contribution in [1.82, 2.24) is 15.1 Å². The van der Waals surface area contributed by atoms with E-state index >= 15 is 0 Å². The van der Waals surface area contributed by atoms with E-state index in [-0.39, 0.29) is 12.0 Å². The lowest BCUT2D eigenvalue weighted by molar-refractivity contribution is -0.145. The van der Waals surface area contributed by atoms with Gasteiger partial charge in [-0.2, -0.15) is 5.10 Å². The van der Waals surface area contributed by atoms with E-state index in [0.29, 0.717) is 24.6 Å². The lowest BCUT2D eigenvalue weighted by Gasteiger charge is -2.16. The van der Waals surface area contributed by atoms with Gasteiger partial charge in [-0.3, -0.25) is 9.48 Å². The number of aromatic nitrogens is 2. The first-order chi connectivity index (χ1) is 8.60. The third kappa shape index (κ3) is 3.99. The van der Waals surface area contributed by atoms with E-state index in [9.17, 15) is 4.79 Å². The summed E-state index contributed by atoms with van der Waals surface area (Å²) in [6.07, 6.45) is 2.25. The Morgan fingerprint density at radius 1 is 1.61 bits per heavy atom. The minimum Gasteiger partial charge on any atom is -0.465 e. The molecular weight excluding hydrogens is 254 g/mol. The second kappa shape index (κ2) is 7.38. The van der Waals surface area contributed by atoms with Gasteiger partial charge in [0.05, 0.1) is 23.5 Å². The molecule has 1 aromatic rings. The molecule has 0 fully saturated rings. The highest BCUT2D eigenvalue weighted by molar-refractivity contribution is 6.31. The second-order valence-electron chi connectivity index (χ2n) is 3.95. The molecule has 1 unspecified atom stereocenters. The van der Waals surface area contributed by atoms with E-state index in [0.717, 1.165) is 12.2 Å². The van der Waals surface area contributed by atoms with Gasteiger partial charge in [0.1, 0.15) is 6.04 Å². The van der Waals surface area contributed by atoms with Gasteiger partial charge in [-0.05, 0) is 26.8 Å². The molecule has 0 saturated carbocycles. The highest BCUT2D eigenvalue weighted by Gasteiger charge is 2.18. The summed E-state index contributed by atoms with van der Waals surface area (Å²) in [5, 5.41) is 7.92. The molecule has 0 amide bonds. The zero-order valence-corrected chi connectivity index (χ0v) is 11.8. The quantitative estimate of drug-likeness (QED) is 0.770. The summed E-state index contributed by atoms with van der Waals surface area (Å²) in [6.45, 7) is 7.42. The van der Waals surface area contributed by atoms with Crippen molar-refractivity contribution in [2.45, 2.75) is 39.8 Å². The average Bonchev–Trinajstić information content (AvgIpc) is 2.66. The van der Waals surface area contributed by atoms with Gasteiger partial charge < -0.3 is 10.1 Å². The maximum absolute atomic E-state index is 11.7. The lowest BCUT2D eigenvalue weighted by atomic mass is 10.2. The van der Waals surface area contributed by atoms with Crippen molar-refractivity contribution < 1.29 is 9.53 Å². The first kappa shape index (κ1) is 15.0. The van der Waals surface area contributed by atoms with E-state index in [2.05, 4.69) is 10.4 Å². The number of nitrogens with one attached hydrogen (secondary N) is 1. The third-order valence-corrected chi connectivity index (χ3v) is 3.07. The number of hydrogen-bond donors (Lipinski definition) is 1. The summed E-state index contributed by atoms with van der Waals surface area (Å²) in [5.41, 5.74) is 0.913. The van der Waals surface area contributed by atoms with Crippen LogP contribution in [0.2, 0.25) is 5.02 Å². The van der Waals surface area contributed by atoms with Crippen molar-refractivity contribution in [3.63, 3.8) is 0 Å². The predicted molar refractivity (Wildman–Crippen MR) is 70.7 cm³/mol. The number of likely N-dealkylation sites (N-methyl/N-ethyl adjacent to an activating group) is 1.